The molecule has 1 aliphatic rings. The van der Waals surface area contributed by atoms with Gasteiger partial charge in [-0.05, 0) is 18.4 Å². The highest BCUT2D eigenvalue weighted by Gasteiger charge is 2.20. The van der Waals surface area contributed by atoms with Gasteiger partial charge in [-0.1, -0.05) is 12.8 Å². The molecule has 1 aromatic carbocycles. The van der Waals surface area contributed by atoms with Crippen molar-refractivity contribution >= 4 is 11.4 Å². The van der Waals surface area contributed by atoms with E-state index >= 15 is 0 Å². The van der Waals surface area contributed by atoms with Crippen LogP contribution in [-0.4, -0.2) is 13.7 Å². The van der Waals surface area contributed by atoms with Gasteiger partial charge in [0, 0.05) is 30.1 Å². The second kappa shape index (κ2) is 4.43. The summed E-state index contributed by atoms with van der Waals surface area (Å²) in [5, 5.41) is 3.37. The highest BCUT2D eigenvalue weighted by Crippen LogP contribution is 2.32. The molecule has 0 amide bonds. The van der Waals surface area contributed by atoms with Gasteiger partial charge in [0.15, 0.2) is 0 Å². The SMILES string of the molecule is COc1cc(N)cc(NCCC2CC2)c1. The van der Waals surface area contributed by atoms with Crippen molar-refractivity contribution in [1.82, 2.24) is 0 Å². The van der Waals surface area contributed by atoms with Crippen molar-refractivity contribution in [3.05, 3.63) is 18.2 Å². The molecule has 1 saturated carbocycles. The quantitative estimate of drug-likeness (QED) is 0.728. The van der Waals surface area contributed by atoms with Crippen LogP contribution in [0.4, 0.5) is 11.4 Å². The Morgan fingerprint density at radius 3 is 2.87 bits per heavy atom. The molecule has 1 aromatic rings. The number of nitrogens with one attached hydrogen (secondary N) is 1. The first-order chi connectivity index (χ1) is 7.28. The fraction of sp³-hybridized carbons (Fsp3) is 0.500. The van der Waals surface area contributed by atoms with Crippen molar-refractivity contribution in [3.8, 4) is 5.75 Å². The molecule has 0 unspecified atom stereocenters. The third-order valence-electron chi connectivity index (χ3n) is 2.74. The summed E-state index contributed by atoms with van der Waals surface area (Å²) in [7, 11) is 1.66. The van der Waals surface area contributed by atoms with Gasteiger partial charge >= 0.3 is 0 Å². The number of hydrogen-bond acceptors (Lipinski definition) is 3. The lowest BCUT2D eigenvalue weighted by atomic mass is 10.2. The van der Waals surface area contributed by atoms with Crippen molar-refractivity contribution in [3.63, 3.8) is 0 Å². The van der Waals surface area contributed by atoms with Crippen molar-refractivity contribution in [2.24, 2.45) is 5.92 Å². The van der Waals surface area contributed by atoms with Crippen LogP contribution < -0.4 is 15.8 Å². The summed E-state index contributed by atoms with van der Waals surface area (Å²) in [6, 6.07) is 5.74. The average Bonchev–Trinajstić information content (AvgIpc) is 3.01. The zero-order chi connectivity index (χ0) is 10.7. The number of anilines is 2. The molecular weight excluding hydrogens is 188 g/mol. The van der Waals surface area contributed by atoms with E-state index in [1.807, 2.05) is 18.2 Å². The first-order valence-electron chi connectivity index (χ1n) is 5.46. The molecule has 3 heteroatoms. The topological polar surface area (TPSA) is 47.3 Å². The van der Waals surface area contributed by atoms with Gasteiger partial charge in [0.25, 0.3) is 0 Å². The Kier molecular flexibility index (Phi) is 2.99. The third kappa shape index (κ3) is 3.05. The maximum Gasteiger partial charge on any atom is 0.122 e. The fourth-order valence-electron chi connectivity index (χ4n) is 1.67. The minimum Gasteiger partial charge on any atom is -0.497 e. The van der Waals surface area contributed by atoms with Crippen LogP contribution in [0.2, 0.25) is 0 Å². The Bertz CT molecular complexity index is 334. The fourth-order valence-corrected chi connectivity index (χ4v) is 1.67. The molecule has 0 heterocycles. The second-order valence-electron chi connectivity index (χ2n) is 4.15. The standard InChI is InChI=1S/C12H18N2O/c1-15-12-7-10(13)6-11(8-12)14-5-4-9-2-3-9/h6-9,14H,2-5,13H2,1H3. The van der Waals surface area contributed by atoms with E-state index in [1.165, 1.54) is 19.3 Å². The number of benzene rings is 1. The summed E-state index contributed by atoms with van der Waals surface area (Å²) >= 11 is 0. The molecule has 15 heavy (non-hydrogen) atoms. The number of hydrogen-bond donors (Lipinski definition) is 2. The molecule has 0 aromatic heterocycles. The average molecular weight is 206 g/mol. The van der Waals surface area contributed by atoms with Crippen molar-refractivity contribution < 1.29 is 4.74 Å². The van der Waals surface area contributed by atoms with Crippen LogP contribution in [0.15, 0.2) is 18.2 Å². The summed E-state index contributed by atoms with van der Waals surface area (Å²) in [5.41, 5.74) is 7.55. The molecule has 1 fully saturated rings. The zero-order valence-electron chi connectivity index (χ0n) is 9.12. The molecule has 0 atom stereocenters. The van der Waals surface area contributed by atoms with E-state index in [0.29, 0.717) is 0 Å². The monoisotopic (exact) mass is 206 g/mol. The van der Waals surface area contributed by atoms with Crippen LogP contribution in [0.5, 0.6) is 5.75 Å². The second-order valence-corrected chi connectivity index (χ2v) is 4.15. The maximum absolute atomic E-state index is 5.76. The van der Waals surface area contributed by atoms with E-state index < -0.39 is 0 Å². The lowest BCUT2D eigenvalue weighted by molar-refractivity contribution is 0.415. The van der Waals surface area contributed by atoms with E-state index in [0.717, 1.165) is 29.6 Å². The van der Waals surface area contributed by atoms with Crippen LogP contribution in [0.3, 0.4) is 0 Å². The van der Waals surface area contributed by atoms with Gasteiger partial charge < -0.3 is 15.8 Å². The Hall–Kier alpha value is -1.38. The van der Waals surface area contributed by atoms with E-state index in [9.17, 15) is 0 Å². The Labute approximate surface area is 90.6 Å². The number of rotatable bonds is 5. The molecule has 0 spiro atoms. The molecule has 0 aliphatic heterocycles. The molecule has 82 valence electrons. The van der Waals surface area contributed by atoms with E-state index in [4.69, 9.17) is 10.5 Å². The summed E-state index contributed by atoms with van der Waals surface area (Å²) in [5.74, 6) is 1.77. The summed E-state index contributed by atoms with van der Waals surface area (Å²) in [4.78, 5) is 0. The molecule has 0 saturated heterocycles. The molecule has 2 rings (SSSR count). The van der Waals surface area contributed by atoms with E-state index in [2.05, 4.69) is 5.32 Å². The van der Waals surface area contributed by atoms with Crippen LogP contribution in [0.1, 0.15) is 19.3 Å². The third-order valence-corrected chi connectivity index (χ3v) is 2.74. The van der Waals surface area contributed by atoms with Gasteiger partial charge in [0.05, 0.1) is 7.11 Å². The van der Waals surface area contributed by atoms with Gasteiger partial charge in [0.1, 0.15) is 5.75 Å². The minimum atomic E-state index is 0.739. The first-order valence-corrected chi connectivity index (χ1v) is 5.46. The smallest absolute Gasteiger partial charge is 0.122 e. The van der Waals surface area contributed by atoms with Gasteiger partial charge in [-0.25, -0.2) is 0 Å². The van der Waals surface area contributed by atoms with Crippen molar-refractivity contribution in [2.45, 2.75) is 19.3 Å². The zero-order valence-corrected chi connectivity index (χ0v) is 9.12. The van der Waals surface area contributed by atoms with Crippen LogP contribution in [0, 0.1) is 5.92 Å². The van der Waals surface area contributed by atoms with Crippen molar-refractivity contribution in [2.75, 3.05) is 24.7 Å². The Morgan fingerprint density at radius 1 is 1.40 bits per heavy atom. The van der Waals surface area contributed by atoms with E-state index in [-0.39, 0.29) is 0 Å². The number of methoxy groups -OCH3 is 1. The molecule has 3 N–H and O–H groups in total. The highest BCUT2D eigenvalue weighted by atomic mass is 16.5. The van der Waals surface area contributed by atoms with E-state index in [1.54, 1.807) is 7.11 Å². The predicted octanol–water partition coefficient (Wildman–Crippen LogP) is 2.49. The lowest BCUT2D eigenvalue weighted by Crippen LogP contribution is -2.03. The van der Waals surface area contributed by atoms with Crippen molar-refractivity contribution in [1.29, 1.82) is 0 Å². The van der Waals surface area contributed by atoms with Crippen LogP contribution >= 0.6 is 0 Å². The Morgan fingerprint density at radius 2 is 2.20 bits per heavy atom. The van der Waals surface area contributed by atoms with Gasteiger partial charge in [-0.15, -0.1) is 0 Å². The summed E-state index contributed by atoms with van der Waals surface area (Å²) in [6.45, 7) is 1.03. The van der Waals surface area contributed by atoms with Gasteiger partial charge in [-0.3, -0.25) is 0 Å². The number of nitrogens with two attached hydrogens (primary N) is 1. The van der Waals surface area contributed by atoms with Crippen LogP contribution in [0.25, 0.3) is 0 Å². The summed E-state index contributed by atoms with van der Waals surface area (Å²) < 4.78 is 5.16. The van der Waals surface area contributed by atoms with Crippen LogP contribution in [-0.2, 0) is 0 Å². The highest BCUT2D eigenvalue weighted by molar-refractivity contribution is 5.59. The predicted molar refractivity (Wildman–Crippen MR) is 63.2 cm³/mol. The maximum atomic E-state index is 5.76. The first kappa shape index (κ1) is 10.1. The van der Waals surface area contributed by atoms with Gasteiger partial charge in [-0.2, -0.15) is 0 Å². The Balaban J connectivity index is 1.90. The molecule has 3 nitrogen and oxygen atoms in total. The molecule has 0 bridgehead atoms. The largest absolute Gasteiger partial charge is 0.497 e. The number of nitrogen functional groups attached to an aromatic ring is 1. The molecule has 1 aliphatic carbocycles. The normalized spacial score (nSPS) is 15.0. The van der Waals surface area contributed by atoms with Gasteiger partial charge in [0.2, 0.25) is 0 Å². The lowest BCUT2D eigenvalue weighted by Gasteiger charge is -2.09. The summed E-state index contributed by atoms with van der Waals surface area (Å²) in [6.07, 6.45) is 4.07. The minimum absolute atomic E-state index is 0.739. The number of ether oxygens (including phenoxy) is 1. The molecule has 0 radical (unpaired) electrons. The molecular formula is C12H18N2O.